The number of hydrogen-bond donors (Lipinski definition) is 1. The van der Waals surface area contributed by atoms with Crippen molar-refractivity contribution in [1.29, 1.82) is 0 Å². The van der Waals surface area contributed by atoms with Crippen molar-refractivity contribution < 1.29 is 14.7 Å². The van der Waals surface area contributed by atoms with Gasteiger partial charge in [0.05, 0.1) is 0 Å². The summed E-state index contributed by atoms with van der Waals surface area (Å²) >= 11 is 0. The molecule has 4 heteroatoms. The van der Waals surface area contributed by atoms with Crippen LogP contribution in [0, 0.1) is 5.41 Å². The quantitative estimate of drug-likeness (QED) is 0.777. The molecule has 0 fully saturated rings. The molecule has 1 unspecified atom stereocenters. The molecule has 0 aromatic carbocycles. The van der Waals surface area contributed by atoms with Crippen LogP contribution in [0.4, 0.5) is 0 Å². The van der Waals surface area contributed by atoms with Gasteiger partial charge in [-0.3, -0.25) is 4.79 Å². The zero-order chi connectivity index (χ0) is 12.2. The van der Waals surface area contributed by atoms with Crippen LogP contribution in [0.3, 0.4) is 0 Å². The molecule has 1 atom stereocenters. The van der Waals surface area contributed by atoms with Gasteiger partial charge in [-0.05, 0) is 18.8 Å². The molecule has 0 bridgehead atoms. The first-order chi connectivity index (χ1) is 6.69. The lowest BCUT2D eigenvalue weighted by Crippen LogP contribution is -2.45. The fraction of sp³-hybridized carbons (Fsp3) is 0.818. The Balaban J connectivity index is 4.79. The monoisotopic (exact) mass is 215 g/mol. The number of carboxylic acids is 1. The Labute approximate surface area is 91.3 Å². The van der Waals surface area contributed by atoms with Crippen LogP contribution in [0.15, 0.2) is 0 Å². The summed E-state index contributed by atoms with van der Waals surface area (Å²) in [6, 6.07) is -0.715. The highest BCUT2D eigenvalue weighted by Gasteiger charge is 2.30. The third-order valence-corrected chi connectivity index (χ3v) is 2.21. The van der Waals surface area contributed by atoms with E-state index in [1.54, 1.807) is 6.92 Å². The average molecular weight is 215 g/mol. The fourth-order valence-corrected chi connectivity index (χ4v) is 1.57. The van der Waals surface area contributed by atoms with E-state index in [1.165, 1.54) is 11.8 Å². The number of carboxylic acid groups (broad SMARTS) is 1. The molecular weight excluding hydrogens is 194 g/mol. The summed E-state index contributed by atoms with van der Waals surface area (Å²) in [5.74, 6) is -1.11. The fourth-order valence-electron chi connectivity index (χ4n) is 1.57. The van der Waals surface area contributed by atoms with Gasteiger partial charge in [-0.1, -0.05) is 20.8 Å². The molecule has 0 saturated carbocycles. The lowest BCUT2D eigenvalue weighted by Gasteiger charge is -2.31. The summed E-state index contributed by atoms with van der Waals surface area (Å²) < 4.78 is 0. The van der Waals surface area contributed by atoms with Gasteiger partial charge in [0.1, 0.15) is 6.04 Å². The highest BCUT2D eigenvalue weighted by molar-refractivity contribution is 5.82. The lowest BCUT2D eigenvalue weighted by molar-refractivity contribution is -0.150. The van der Waals surface area contributed by atoms with E-state index in [1.807, 2.05) is 20.8 Å². The number of rotatable bonds is 4. The molecule has 0 aromatic rings. The minimum atomic E-state index is -0.929. The minimum Gasteiger partial charge on any atom is -0.480 e. The molecule has 0 aliphatic rings. The second-order valence-corrected chi connectivity index (χ2v) is 4.92. The van der Waals surface area contributed by atoms with E-state index in [4.69, 9.17) is 5.11 Å². The highest BCUT2D eigenvalue weighted by atomic mass is 16.4. The molecule has 0 radical (unpaired) electrons. The number of carbonyl (C=O) groups excluding carboxylic acids is 1. The molecule has 0 aliphatic heterocycles. The second-order valence-electron chi connectivity index (χ2n) is 4.92. The van der Waals surface area contributed by atoms with Crippen LogP contribution < -0.4 is 0 Å². The largest absolute Gasteiger partial charge is 0.480 e. The van der Waals surface area contributed by atoms with E-state index in [2.05, 4.69) is 0 Å². The third-order valence-electron chi connectivity index (χ3n) is 2.21. The van der Waals surface area contributed by atoms with Gasteiger partial charge in [0, 0.05) is 13.5 Å². The van der Waals surface area contributed by atoms with Crippen LogP contribution in [0.2, 0.25) is 0 Å². The van der Waals surface area contributed by atoms with E-state index in [0.29, 0.717) is 13.0 Å². The van der Waals surface area contributed by atoms with Crippen molar-refractivity contribution in [3.05, 3.63) is 0 Å². The molecule has 88 valence electrons. The normalized spacial score (nSPS) is 13.4. The molecule has 0 rings (SSSR count). The number of nitrogens with zero attached hydrogens (tertiary/aromatic N) is 1. The van der Waals surface area contributed by atoms with Crippen LogP contribution in [-0.2, 0) is 9.59 Å². The SMILES string of the molecule is CCN(C(C)=O)C(CC(C)(C)C)C(=O)O. The van der Waals surface area contributed by atoms with Gasteiger partial charge in [-0.2, -0.15) is 0 Å². The molecule has 0 aliphatic carbocycles. The van der Waals surface area contributed by atoms with E-state index in [9.17, 15) is 9.59 Å². The summed E-state index contributed by atoms with van der Waals surface area (Å²) in [7, 11) is 0. The Hall–Kier alpha value is -1.06. The van der Waals surface area contributed by atoms with Crippen molar-refractivity contribution in [3.8, 4) is 0 Å². The van der Waals surface area contributed by atoms with Crippen LogP contribution >= 0.6 is 0 Å². The Morgan fingerprint density at radius 1 is 1.33 bits per heavy atom. The van der Waals surface area contributed by atoms with Gasteiger partial charge in [0.15, 0.2) is 0 Å². The van der Waals surface area contributed by atoms with Gasteiger partial charge in [0.25, 0.3) is 0 Å². The van der Waals surface area contributed by atoms with Crippen molar-refractivity contribution in [2.45, 2.75) is 47.1 Å². The summed E-state index contributed by atoms with van der Waals surface area (Å²) in [4.78, 5) is 23.8. The maximum atomic E-state index is 11.3. The molecule has 0 aromatic heterocycles. The van der Waals surface area contributed by atoms with Gasteiger partial charge < -0.3 is 10.0 Å². The topological polar surface area (TPSA) is 57.6 Å². The summed E-state index contributed by atoms with van der Waals surface area (Å²) in [5.41, 5.74) is -0.105. The van der Waals surface area contributed by atoms with Gasteiger partial charge in [-0.25, -0.2) is 4.79 Å². The van der Waals surface area contributed by atoms with E-state index < -0.39 is 12.0 Å². The lowest BCUT2D eigenvalue weighted by atomic mass is 9.87. The smallest absolute Gasteiger partial charge is 0.326 e. The van der Waals surface area contributed by atoms with Crippen molar-refractivity contribution in [3.63, 3.8) is 0 Å². The van der Waals surface area contributed by atoms with E-state index >= 15 is 0 Å². The predicted octanol–water partition coefficient (Wildman–Crippen LogP) is 1.74. The van der Waals surface area contributed by atoms with E-state index in [-0.39, 0.29) is 11.3 Å². The molecule has 1 N–H and O–H groups in total. The van der Waals surface area contributed by atoms with Gasteiger partial charge in [0.2, 0.25) is 5.91 Å². The molecule has 15 heavy (non-hydrogen) atoms. The highest BCUT2D eigenvalue weighted by Crippen LogP contribution is 2.23. The first kappa shape index (κ1) is 13.9. The first-order valence-corrected chi connectivity index (χ1v) is 5.19. The number of likely N-dealkylation sites (N-methyl/N-ethyl adjacent to an activating group) is 1. The zero-order valence-corrected chi connectivity index (χ0v) is 10.2. The Morgan fingerprint density at radius 3 is 2.00 bits per heavy atom. The third kappa shape index (κ3) is 4.81. The van der Waals surface area contributed by atoms with Crippen LogP contribution in [0.1, 0.15) is 41.0 Å². The number of aliphatic carboxylic acids is 1. The predicted molar refractivity (Wildman–Crippen MR) is 58.6 cm³/mol. The van der Waals surface area contributed by atoms with Gasteiger partial charge in [-0.15, -0.1) is 0 Å². The number of amides is 1. The van der Waals surface area contributed by atoms with Crippen molar-refractivity contribution in [2.24, 2.45) is 5.41 Å². The Bertz CT molecular complexity index is 243. The molecule has 0 heterocycles. The molecule has 4 nitrogen and oxygen atoms in total. The zero-order valence-electron chi connectivity index (χ0n) is 10.2. The maximum absolute atomic E-state index is 11.3. The van der Waals surface area contributed by atoms with Crippen molar-refractivity contribution in [2.75, 3.05) is 6.54 Å². The molecule has 0 spiro atoms. The molecule has 0 saturated heterocycles. The average Bonchev–Trinajstić information content (AvgIpc) is 2.00. The summed E-state index contributed by atoms with van der Waals surface area (Å²) in [5, 5.41) is 9.09. The number of carbonyl (C=O) groups is 2. The van der Waals surface area contributed by atoms with Crippen LogP contribution in [0.25, 0.3) is 0 Å². The minimum absolute atomic E-state index is 0.105. The van der Waals surface area contributed by atoms with E-state index in [0.717, 1.165) is 0 Å². The standard InChI is InChI=1S/C11H21NO3/c1-6-12(8(2)13)9(10(14)15)7-11(3,4)5/h9H,6-7H2,1-5H3,(H,14,15). The van der Waals surface area contributed by atoms with Gasteiger partial charge >= 0.3 is 5.97 Å². The first-order valence-electron chi connectivity index (χ1n) is 5.19. The maximum Gasteiger partial charge on any atom is 0.326 e. The molecule has 1 amide bonds. The van der Waals surface area contributed by atoms with Crippen LogP contribution in [-0.4, -0.2) is 34.5 Å². The molecular formula is C11H21NO3. The second kappa shape index (κ2) is 5.14. The Morgan fingerprint density at radius 2 is 1.80 bits per heavy atom. The number of hydrogen-bond acceptors (Lipinski definition) is 2. The van der Waals surface area contributed by atoms with Crippen molar-refractivity contribution >= 4 is 11.9 Å². The summed E-state index contributed by atoms with van der Waals surface area (Å²) in [6.45, 7) is 9.54. The summed E-state index contributed by atoms with van der Waals surface area (Å²) in [6.07, 6.45) is 0.468. The Kier molecular flexibility index (Phi) is 4.78. The van der Waals surface area contributed by atoms with Crippen molar-refractivity contribution in [1.82, 2.24) is 4.90 Å². The van der Waals surface area contributed by atoms with Crippen LogP contribution in [0.5, 0.6) is 0 Å².